The number of nitrogens with one attached hydrogen (secondary N) is 1. The van der Waals surface area contributed by atoms with E-state index in [2.05, 4.69) is 10.3 Å². The topological polar surface area (TPSA) is 39.1 Å². The largest absolute Gasteiger partial charge is 0.375 e. The van der Waals surface area contributed by atoms with E-state index in [4.69, 9.17) is 4.74 Å². The van der Waals surface area contributed by atoms with Crippen molar-refractivity contribution in [3.8, 4) is 0 Å². The first-order chi connectivity index (χ1) is 8.69. The van der Waals surface area contributed by atoms with Gasteiger partial charge in [-0.05, 0) is 19.9 Å². The molecule has 0 amide bonds. The van der Waals surface area contributed by atoms with Gasteiger partial charge in [0.05, 0.1) is 6.04 Å². The molecular formula is C12H21F2N3O. The van der Waals surface area contributed by atoms with Gasteiger partial charge in [0.15, 0.2) is 0 Å². The molecule has 1 heterocycles. The molecule has 0 radical (unpaired) electrons. The van der Waals surface area contributed by atoms with E-state index in [0.29, 0.717) is 13.0 Å². The minimum Gasteiger partial charge on any atom is -0.375 e. The molecule has 0 saturated carbocycles. The molecule has 104 valence electrons. The van der Waals surface area contributed by atoms with Crippen molar-refractivity contribution in [1.29, 1.82) is 0 Å². The van der Waals surface area contributed by atoms with Crippen LogP contribution in [0, 0.1) is 0 Å². The summed E-state index contributed by atoms with van der Waals surface area (Å²) in [5.74, 6) is 0.931. The normalized spacial score (nSPS) is 13.2. The van der Waals surface area contributed by atoms with E-state index < -0.39 is 13.0 Å². The third-order valence-electron chi connectivity index (χ3n) is 2.65. The van der Waals surface area contributed by atoms with Gasteiger partial charge in [0.2, 0.25) is 0 Å². The number of alkyl halides is 2. The second-order valence-corrected chi connectivity index (χ2v) is 3.94. The van der Waals surface area contributed by atoms with E-state index >= 15 is 0 Å². The number of ether oxygens (including phenoxy) is 1. The van der Waals surface area contributed by atoms with Crippen molar-refractivity contribution in [2.75, 3.05) is 19.8 Å². The van der Waals surface area contributed by atoms with E-state index in [0.717, 1.165) is 18.9 Å². The van der Waals surface area contributed by atoms with Crippen LogP contribution >= 0.6 is 0 Å². The first-order valence-electron chi connectivity index (χ1n) is 6.29. The lowest BCUT2D eigenvalue weighted by Gasteiger charge is -2.18. The highest BCUT2D eigenvalue weighted by atomic mass is 19.3. The Morgan fingerprint density at radius 2 is 2.22 bits per heavy atom. The molecule has 1 rings (SSSR count). The van der Waals surface area contributed by atoms with Gasteiger partial charge in [-0.2, -0.15) is 0 Å². The van der Waals surface area contributed by atoms with Crippen molar-refractivity contribution >= 4 is 0 Å². The molecular weight excluding hydrogens is 240 g/mol. The molecule has 1 N–H and O–H groups in total. The molecule has 1 atom stereocenters. The number of imidazole rings is 1. The minimum atomic E-state index is -2.40. The Kier molecular flexibility index (Phi) is 6.82. The molecule has 0 aliphatic heterocycles. The molecule has 0 bridgehead atoms. The molecule has 0 saturated heterocycles. The fourth-order valence-electron chi connectivity index (χ4n) is 1.84. The Morgan fingerprint density at radius 3 is 2.83 bits per heavy atom. The van der Waals surface area contributed by atoms with Crippen LogP contribution in [0.1, 0.15) is 32.1 Å². The molecule has 18 heavy (non-hydrogen) atoms. The fourth-order valence-corrected chi connectivity index (χ4v) is 1.84. The maximum Gasteiger partial charge on any atom is 0.261 e. The maximum atomic E-state index is 11.9. The highest BCUT2D eigenvalue weighted by Crippen LogP contribution is 2.15. The zero-order valence-corrected chi connectivity index (χ0v) is 10.9. The number of aryl methyl sites for hydroxylation is 1. The lowest BCUT2D eigenvalue weighted by Crippen LogP contribution is -2.25. The predicted molar refractivity (Wildman–Crippen MR) is 65.8 cm³/mol. The van der Waals surface area contributed by atoms with E-state index in [1.165, 1.54) is 0 Å². The number of aromatic nitrogens is 2. The molecule has 0 aromatic carbocycles. The van der Waals surface area contributed by atoms with Crippen LogP contribution < -0.4 is 5.32 Å². The van der Waals surface area contributed by atoms with Gasteiger partial charge in [-0.3, -0.25) is 0 Å². The van der Waals surface area contributed by atoms with Crippen LogP contribution in [0.2, 0.25) is 0 Å². The number of nitrogens with zero attached hydrogens (tertiary/aromatic N) is 2. The Labute approximate surface area is 106 Å². The summed E-state index contributed by atoms with van der Waals surface area (Å²) in [4.78, 5) is 4.32. The van der Waals surface area contributed by atoms with Crippen molar-refractivity contribution in [2.24, 2.45) is 0 Å². The average molecular weight is 261 g/mol. The summed E-state index contributed by atoms with van der Waals surface area (Å²) in [7, 11) is 0. The van der Waals surface area contributed by atoms with Crippen molar-refractivity contribution < 1.29 is 13.5 Å². The molecule has 0 fully saturated rings. The van der Waals surface area contributed by atoms with Crippen LogP contribution in [-0.4, -0.2) is 35.7 Å². The predicted octanol–water partition coefficient (Wildman–Crippen LogP) is 2.23. The van der Waals surface area contributed by atoms with E-state index in [9.17, 15) is 8.78 Å². The zero-order chi connectivity index (χ0) is 13.4. The molecule has 0 aliphatic carbocycles. The number of hydrogen-bond acceptors (Lipinski definition) is 3. The number of halogens is 2. The zero-order valence-electron chi connectivity index (χ0n) is 10.9. The van der Waals surface area contributed by atoms with E-state index in [1.54, 1.807) is 6.20 Å². The Hall–Kier alpha value is -1.01. The molecule has 6 heteroatoms. The summed E-state index contributed by atoms with van der Waals surface area (Å²) in [5.41, 5.74) is 0. The Morgan fingerprint density at radius 1 is 1.44 bits per heavy atom. The summed E-state index contributed by atoms with van der Waals surface area (Å²) in [6.45, 7) is 5.50. The van der Waals surface area contributed by atoms with E-state index in [1.807, 2.05) is 24.6 Å². The van der Waals surface area contributed by atoms with Crippen LogP contribution in [0.25, 0.3) is 0 Å². The summed E-state index contributed by atoms with van der Waals surface area (Å²) in [6.07, 6.45) is 1.90. The van der Waals surface area contributed by atoms with Crippen molar-refractivity contribution in [1.82, 2.24) is 14.9 Å². The summed E-state index contributed by atoms with van der Waals surface area (Å²) in [5, 5.41) is 3.30. The first-order valence-corrected chi connectivity index (χ1v) is 6.29. The van der Waals surface area contributed by atoms with Crippen LogP contribution in [-0.2, 0) is 11.3 Å². The minimum absolute atomic E-state index is 0.0441. The molecule has 1 aromatic heterocycles. The molecule has 1 aromatic rings. The fraction of sp³-hybridized carbons (Fsp3) is 0.750. The van der Waals surface area contributed by atoms with Crippen molar-refractivity contribution in [3.05, 3.63) is 18.2 Å². The lowest BCUT2D eigenvalue weighted by molar-refractivity contribution is 0.0141. The van der Waals surface area contributed by atoms with Gasteiger partial charge in [-0.25, -0.2) is 13.8 Å². The smallest absolute Gasteiger partial charge is 0.261 e. The van der Waals surface area contributed by atoms with Crippen molar-refractivity contribution in [2.45, 2.75) is 39.3 Å². The van der Waals surface area contributed by atoms with Gasteiger partial charge in [0.25, 0.3) is 6.43 Å². The van der Waals surface area contributed by atoms with Gasteiger partial charge in [0.1, 0.15) is 12.4 Å². The average Bonchev–Trinajstić information content (AvgIpc) is 2.81. The van der Waals surface area contributed by atoms with Gasteiger partial charge in [0, 0.05) is 25.5 Å². The summed E-state index contributed by atoms with van der Waals surface area (Å²) < 4.78 is 30.8. The van der Waals surface area contributed by atoms with Crippen molar-refractivity contribution in [3.63, 3.8) is 0 Å². The first kappa shape index (κ1) is 15.0. The number of rotatable bonds is 9. The highest BCUT2D eigenvalue weighted by molar-refractivity contribution is 4.99. The molecule has 0 spiro atoms. The van der Waals surface area contributed by atoms with Gasteiger partial charge in [-0.15, -0.1) is 0 Å². The van der Waals surface area contributed by atoms with Crippen LogP contribution in [0.3, 0.4) is 0 Å². The monoisotopic (exact) mass is 261 g/mol. The molecule has 1 unspecified atom stereocenters. The molecule has 0 aliphatic rings. The third kappa shape index (κ3) is 4.70. The maximum absolute atomic E-state index is 11.9. The Bertz CT molecular complexity index is 331. The van der Waals surface area contributed by atoms with Crippen LogP contribution in [0.4, 0.5) is 8.78 Å². The number of hydrogen-bond donors (Lipinski definition) is 1. The van der Waals surface area contributed by atoms with Gasteiger partial charge < -0.3 is 14.6 Å². The van der Waals surface area contributed by atoms with Crippen LogP contribution in [0.5, 0.6) is 0 Å². The van der Waals surface area contributed by atoms with Gasteiger partial charge in [-0.1, -0.05) is 6.92 Å². The summed E-state index contributed by atoms with van der Waals surface area (Å²) in [6, 6.07) is 0.0441. The second-order valence-electron chi connectivity index (χ2n) is 3.94. The quantitative estimate of drug-likeness (QED) is 0.693. The molecule has 4 nitrogen and oxygen atoms in total. The highest BCUT2D eigenvalue weighted by Gasteiger charge is 2.15. The lowest BCUT2D eigenvalue weighted by atomic mass is 10.2. The van der Waals surface area contributed by atoms with E-state index in [-0.39, 0.29) is 6.04 Å². The Balaban J connectivity index is 2.49. The van der Waals surface area contributed by atoms with Crippen LogP contribution in [0.15, 0.2) is 12.4 Å². The van der Waals surface area contributed by atoms with Gasteiger partial charge >= 0.3 is 0 Å². The summed E-state index contributed by atoms with van der Waals surface area (Å²) >= 11 is 0. The SMILES string of the molecule is CCNC(CCOCC(F)F)c1nccn1CC. The second kappa shape index (κ2) is 8.16. The standard InChI is InChI=1S/C12H21F2N3O/c1-3-15-10(5-8-18-9-11(13)14)12-16-6-7-17(12)4-2/h6-7,10-11,15H,3-5,8-9H2,1-2H3. The third-order valence-corrected chi connectivity index (χ3v) is 2.65.